The van der Waals surface area contributed by atoms with Gasteiger partial charge in [-0.3, -0.25) is 14.4 Å². The summed E-state index contributed by atoms with van der Waals surface area (Å²) in [5.41, 5.74) is 1.68. The fourth-order valence-electron chi connectivity index (χ4n) is 3.46. The molecule has 0 bridgehead atoms. The van der Waals surface area contributed by atoms with E-state index in [1.165, 1.54) is 4.90 Å². The molecule has 25 heavy (non-hydrogen) atoms. The second kappa shape index (κ2) is 7.00. The number of carbonyl (C=O) groups is 2. The average Bonchev–Trinajstić information content (AvgIpc) is 3.42. The van der Waals surface area contributed by atoms with E-state index in [9.17, 15) is 14.4 Å². The van der Waals surface area contributed by atoms with Crippen LogP contribution in [-0.2, 0) is 18.3 Å². The van der Waals surface area contributed by atoms with Crippen molar-refractivity contribution < 1.29 is 9.59 Å². The lowest BCUT2D eigenvalue weighted by atomic mass is 10.1. The number of piperazine rings is 1. The monoisotopic (exact) mass is 346 g/mol. The van der Waals surface area contributed by atoms with E-state index in [1.54, 1.807) is 17.7 Å². The van der Waals surface area contributed by atoms with Crippen molar-refractivity contribution in [2.75, 3.05) is 19.6 Å². The Bertz CT molecular complexity index is 751. The molecule has 2 aliphatic rings. The Morgan fingerprint density at radius 2 is 2.08 bits per heavy atom. The van der Waals surface area contributed by atoms with E-state index in [4.69, 9.17) is 0 Å². The van der Waals surface area contributed by atoms with Crippen LogP contribution < -0.4 is 16.2 Å². The van der Waals surface area contributed by atoms with E-state index in [1.807, 2.05) is 13.8 Å². The number of rotatable bonds is 4. The van der Waals surface area contributed by atoms with Crippen LogP contribution in [0.15, 0.2) is 10.9 Å². The first kappa shape index (κ1) is 17.7. The predicted octanol–water partition coefficient (Wildman–Crippen LogP) is -0.0513. The lowest BCUT2D eigenvalue weighted by molar-refractivity contribution is -0.126. The van der Waals surface area contributed by atoms with Crippen LogP contribution >= 0.6 is 0 Å². The highest BCUT2D eigenvalue weighted by molar-refractivity contribution is 5.97. The molecule has 7 nitrogen and oxygen atoms in total. The number of nitrogens with zero attached hydrogens (tertiary/aromatic N) is 2. The van der Waals surface area contributed by atoms with Gasteiger partial charge in [0.05, 0.1) is 0 Å². The minimum atomic E-state index is -0.572. The molecule has 1 aromatic rings. The number of hydrogen-bond acceptors (Lipinski definition) is 4. The quantitative estimate of drug-likeness (QED) is 0.801. The largest absolute Gasteiger partial charge is 0.352 e. The van der Waals surface area contributed by atoms with Gasteiger partial charge in [-0.2, -0.15) is 0 Å². The zero-order valence-electron chi connectivity index (χ0n) is 15.1. The number of carbonyl (C=O) groups excluding carboxylic acids is 2. The predicted molar refractivity (Wildman–Crippen MR) is 94.7 cm³/mol. The molecular formula is C18H26N4O3. The molecule has 1 atom stereocenters. The standard InChI is InChI=1S/C18H26N4O3/c1-4-14-11(2)9-13(17(24)21(14)3)18(25)22-8-7-19-10-15(22)16(23)20-12-5-6-12/h9,12,15,19H,4-8,10H2,1-3H3,(H,20,23). The lowest BCUT2D eigenvalue weighted by Crippen LogP contribution is -2.60. The number of pyridine rings is 1. The van der Waals surface area contributed by atoms with Crippen molar-refractivity contribution in [3.63, 3.8) is 0 Å². The molecule has 1 aliphatic heterocycles. The van der Waals surface area contributed by atoms with Gasteiger partial charge in [0.25, 0.3) is 11.5 Å². The molecule has 1 saturated carbocycles. The SMILES string of the molecule is CCc1c(C)cc(C(=O)N2CCNCC2C(=O)NC2CC2)c(=O)n1C. The van der Waals surface area contributed by atoms with Crippen LogP contribution in [0.3, 0.4) is 0 Å². The maximum atomic E-state index is 13.0. The number of aryl methyl sites for hydroxylation is 1. The Labute approximate surface area is 147 Å². The Morgan fingerprint density at radius 1 is 1.36 bits per heavy atom. The van der Waals surface area contributed by atoms with Crippen LogP contribution in [0, 0.1) is 6.92 Å². The summed E-state index contributed by atoms with van der Waals surface area (Å²) < 4.78 is 1.55. The molecule has 2 heterocycles. The van der Waals surface area contributed by atoms with E-state index in [0.717, 1.165) is 30.5 Å². The minimum Gasteiger partial charge on any atom is -0.352 e. The third kappa shape index (κ3) is 3.46. The van der Waals surface area contributed by atoms with Crippen molar-refractivity contribution in [3.05, 3.63) is 33.2 Å². The van der Waals surface area contributed by atoms with Gasteiger partial charge in [0.2, 0.25) is 5.91 Å². The summed E-state index contributed by atoms with van der Waals surface area (Å²) in [5.74, 6) is -0.495. The second-order valence-corrected chi connectivity index (χ2v) is 6.91. The van der Waals surface area contributed by atoms with Crippen molar-refractivity contribution in [3.8, 4) is 0 Å². The zero-order valence-corrected chi connectivity index (χ0v) is 15.1. The average molecular weight is 346 g/mol. The van der Waals surface area contributed by atoms with Gasteiger partial charge >= 0.3 is 0 Å². The molecule has 7 heteroatoms. The smallest absolute Gasteiger partial charge is 0.263 e. The van der Waals surface area contributed by atoms with Crippen LogP contribution in [0.4, 0.5) is 0 Å². The van der Waals surface area contributed by atoms with Crippen LogP contribution in [0.25, 0.3) is 0 Å². The van der Waals surface area contributed by atoms with E-state index in [2.05, 4.69) is 10.6 Å². The highest BCUT2D eigenvalue weighted by Gasteiger charge is 2.36. The molecule has 1 saturated heterocycles. The maximum absolute atomic E-state index is 13.0. The van der Waals surface area contributed by atoms with Gasteiger partial charge < -0.3 is 20.1 Å². The molecule has 2 fully saturated rings. The zero-order chi connectivity index (χ0) is 18.1. The summed E-state index contributed by atoms with van der Waals surface area (Å²) in [6, 6.07) is 1.34. The fourth-order valence-corrected chi connectivity index (χ4v) is 3.46. The van der Waals surface area contributed by atoms with Crippen LogP contribution in [0.2, 0.25) is 0 Å². The van der Waals surface area contributed by atoms with E-state index >= 15 is 0 Å². The first-order valence-electron chi connectivity index (χ1n) is 8.95. The fraction of sp³-hybridized carbons (Fsp3) is 0.611. The molecule has 2 amide bonds. The normalized spacial score (nSPS) is 20.4. The Morgan fingerprint density at radius 3 is 2.72 bits per heavy atom. The van der Waals surface area contributed by atoms with Gasteiger partial charge in [0.15, 0.2) is 0 Å². The molecule has 0 radical (unpaired) electrons. The van der Waals surface area contributed by atoms with Crippen molar-refractivity contribution in [1.29, 1.82) is 0 Å². The summed E-state index contributed by atoms with van der Waals surface area (Å²) in [6.07, 6.45) is 2.72. The number of amides is 2. The minimum absolute atomic E-state index is 0.137. The molecule has 2 N–H and O–H groups in total. The van der Waals surface area contributed by atoms with Gasteiger partial charge in [-0.15, -0.1) is 0 Å². The Kier molecular flexibility index (Phi) is 4.94. The van der Waals surface area contributed by atoms with E-state index < -0.39 is 6.04 Å². The van der Waals surface area contributed by atoms with Crippen molar-refractivity contribution in [2.45, 2.75) is 45.2 Å². The topological polar surface area (TPSA) is 83.4 Å². The molecular weight excluding hydrogens is 320 g/mol. The van der Waals surface area contributed by atoms with E-state index in [-0.39, 0.29) is 29.0 Å². The Balaban J connectivity index is 1.90. The molecule has 1 aromatic heterocycles. The van der Waals surface area contributed by atoms with Crippen molar-refractivity contribution in [1.82, 2.24) is 20.1 Å². The molecule has 0 aromatic carbocycles. The first-order chi connectivity index (χ1) is 11.9. The maximum Gasteiger partial charge on any atom is 0.263 e. The Hall–Kier alpha value is -2.15. The van der Waals surface area contributed by atoms with Crippen LogP contribution in [0.5, 0.6) is 0 Å². The van der Waals surface area contributed by atoms with E-state index in [0.29, 0.717) is 19.6 Å². The van der Waals surface area contributed by atoms with Crippen LogP contribution in [-0.4, -0.2) is 53.0 Å². The van der Waals surface area contributed by atoms with Gasteiger partial charge in [-0.05, 0) is 37.8 Å². The third-order valence-corrected chi connectivity index (χ3v) is 5.05. The van der Waals surface area contributed by atoms with Gasteiger partial charge in [-0.25, -0.2) is 0 Å². The van der Waals surface area contributed by atoms with Gasteiger partial charge in [0.1, 0.15) is 11.6 Å². The second-order valence-electron chi connectivity index (χ2n) is 6.91. The third-order valence-electron chi connectivity index (χ3n) is 5.05. The number of aromatic nitrogens is 1. The summed E-state index contributed by atoms with van der Waals surface area (Å²) in [5, 5.41) is 6.12. The summed E-state index contributed by atoms with van der Waals surface area (Å²) in [4.78, 5) is 39.7. The van der Waals surface area contributed by atoms with Crippen molar-refractivity contribution >= 4 is 11.8 Å². The molecule has 136 valence electrons. The first-order valence-corrected chi connectivity index (χ1v) is 8.95. The highest BCUT2D eigenvalue weighted by Crippen LogP contribution is 2.20. The highest BCUT2D eigenvalue weighted by atomic mass is 16.2. The van der Waals surface area contributed by atoms with Gasteiger partial charge in [0, 0.05) is 38.4 Å². The molecule has 3 rings (SSSR count). The molecule has 0 spiro atoms. The lowest BCUT2D eigenvalue weighted by Gasteiger charge is -2.35. The molecule has 1 unspecified atom stereocenters. The summed E-state index contributed by atoms with van der Waals surface area (Å²) in [7, 11) is 1.69. The summed E-state index contributed by atoms with van der Waals surface area (Å²) >= 11 is 0. The van der Waals surface area contributed by atoms with Gasteiger partial charge in [-0.1, -0.05) is 6.92 Å². The molecule has 1 aliphatic carbocycles. The number of nitrogens with one attached hydrogen (secondary N) is 2. The van der Waals surface area contributed by atoms with Crippen LogP contribution in [0.1, 0.15) is 41.4 Å². The van der Waals surface area contributed by atoms with Crippen molar-refractivity contribution in [2.24, 2.45) is 7.05 Å². The summed E-state index contributed by atoms with van der Waals surface area (Å²) in [6.45, 7) is 5.34. The number of hydrogen-bond donors (Lipinski definition) is 2.